The smallest absolute Gasteiger partial charge is 0.213 e. The van der Waals surface area contributed by atoms with Crippen molar-refractivity contribution in [3.63, 3.8) is 0 Å². The highest BCUT2D eigenvalue weighted by molar-refractivity contribution is 5.47. The fourth-order valence-electron chi connectivity index (χ4n) is 5.22. The second-order valence-electron chi connectivity index (χ2n) is 8.74. The fraction of sp³-hybridized carbons (Fsp3) is 0.370. The summed E-state index contributed by atoms with van der Waals surface area (Å²) >= 11 is 0. The van der Waals surface area contributed by atoms with Crippen LogP contribution in [0.5, 0.6) is 11.6 Å². The summed E-state index contributed by atoms with van der Waals surface area (Å²) < 4.78 is 5.92. The summed E-state index contributed by atoms with van der Waals surface area (Å²) in [5.41, 5.74) is 5.09. The molecular formula is C27H30N2O2. The standard InChI is InChI=1S/C27H30N2O2/c30-23-10-12-25-21(18-23)8-11-24(20-6-2-1-3-7-20)27(25)22-9-13-26(28-19-22)31-17-16-29-14-4-5-15-29/h1-3,6-7,9-10,12-13,18-19,24,27,30H,4-5,8,11,14-17H2/t24-,27+/m0/s1. The van der Waals surface area contributed by atoms with Gasteiger partial charge >= 0.3 is 0 Å². The van der Waals surface area contributed by atoms with Crippen molar-refractivity contribution in [3.8, 4) is 11.6 Å². The lowest BCUT2D eigenvalue weighted by atomic mass is 9.69. The summed E-state index contributed by atoms with van der Waals surface area (Å²) in [6, 6.07) is 20.8. The Balaban J connectivity index is 1.38. The topological polar surface area (TPSA) is 45.6 Å². The number of hydrogen-bond donors (Lipinski definition) is 1. The highest BCUT2D eigenvalue weighted by Crippen LogP contribution is 2.46. The predicted molar refractivity (Wildman–Crippen MR) is 123 cm³/mol. The van der Waals surface area contributed by atoms with Crippen LogP contribution < -0.4 is 4.74 Å². The largest absolute Gasteiger partial charge is 0.508 e. The van der Waals surface area contributed by atoms with Crippen molar-refractivity contribution >= 4 is 0 Å². The molecule has 1 fully saturated rings. The summed E-state index contributed by atoms with van der Waals surface area (Å²) in [5, 5.41) is 9.99. The lowest BCUT2D eigenvalue weighted by Crippen LogP contribution is -2.25. The zero-order chi connectivity index (χ0) is 21.0. The van der Waals surface area contributed by atoms with Gasteiger partial charge in [0.15, 0.2) is 0 Å². The molecular weight excluding hydrogens is 384 g/mol. The molecule has 1 N–H and O–H groups in total. The van der Waals surface area contributed by atoms with Crippen LogP contribution >= 0.6 is 0 Å². The predicted octanol–water partition coefficient (Wildman–Crippen LogP) is 5.12. The fourth-order valence-corrected chi connectivity index (χ4v) is 5.22. The van der Waals surface area contributed by atoms with E-state index in [4.69, 9.17) is 4.74 Å². The molecule has 2 atom stereocenters. The molecule has 0 bridgehead atoms. The number of phenolic OH excluding ortho intramolecular Hbond substituents is 1. The van der Waals surface area contributed by atoms with Crippen LogP contribution in [0.4, 0.5) is 0 Å². The first kappa shape index (κ1) is 20.1. The van der Waals surface area contributed by atoms with E-state index >= 15 is 0 Å². The maximum Gasteiger partial charge on any atom is 0.213 e. The molecule has 31 heavy (non-hydrogen) atoms. The molecule has 0 amide bonds. The van der Waals surface area contributed by atoms with Gasteiger partial charge in [-0.3, -0.25) is 4.90 Å². The van der Waals surface area contributed by atoms with E-state index in [9.17, 15) is 5.11 Å². The number of fused-ring (bicyclic) bond motifs is 1. The number of rotatable bonds is 6. The molecule has 5 rings (SSSR count). The Kier molecular flexibility index (Phi) is 5.90. The molecule has 2 heterocycles. The SMILES string of the molecule is Oc1ccc2c(c1)CC[C@@H](c1ccccc1)[C@H]2c1ccc(OCCN2CCCC2)nc1. The molecule has 1 aromatic heterocycles. The van der Waals surface area contributed by atoms with Crippen molar-refractivity contribution in [3.05, 3.63) is 89.1 Å². The summed E-state index contributed by atoms with van der Waals surface area (Å²) in [7, 11) is 0. The summed E-state index contributed by atoms with van der Waals surface area (Å²) in [4.78, 5) is 7.10. The lowest BCUT2D eigenvalue weighted by molar-refractivity contribution is 0.232. The summed E-state index contributed by atoms with van der Waals surface area (Å²) in [6.07, 6.45) is 6.62. The van der Waals surface area contributed by atoms with Crippen LogP contribution in [0.25, 0.3) is 0 Å². The van der Waals surface area contributed by atoms with Crippen molar-refractivity contribution in [2.45, 2.75) is 37.5 Å². The summed E-state index contributed by atoms with van der Waals surface area (Å²) in [6.45, 7) is 4.03. The molecule has 1 aliphatic heterocycles. The second kappa shape index (κ2) is 9.11. The van der Waals surface area contributed by atoms with Gasteiger partial charge in [-0.25, -0.2) is 4.98 Å². The van der Waals surface area contributed by atoms with E-state index < -0.39 is 0 Å². The average Bonchev–Trinajstić information content (AvgIpc) is 3.33. The molecule has 4 heteroatoms. The number of aromatic nitrogens is 1. The molecule has 0 spiro atoms. The van der Waals surface area contributed by atoms with Crippen LogP contribution in [0.3, 0.4) is 0 Å². The van der Waals surface area contributed by atoms with Gasteiger partial charge in [-0.1, -0.05) is 42.5 Å². The second-order valence-corrected chi connectivity index (χ2v) is 8.74. The molecule has 0 unspecified atom stereocenters. The first-order valence-corrected chi connectivity index (χ1v) is 11.5. The molecule has 1 aliphatic carbocycles. The highest BCUT2D eigenvalue weighted by Gasteiger charge is 2.32. The zero-order valence-electron chi connectivity index (χ0n) is 17.9. The van der Waals surface area contributed by atoms with Gasteiger partial charge in [-0.2, -0.15) is 0 Å². The van der Waals surface area contributed by atoms with Crippen LogP contribution in [0.2, 0.25) is 0 Å². The summed E-state index contributed by atoms with van der Waals surface area (Å²) in [5.74, 6) is 1.65. The third-order valence-corrected chi connectivity index (χ3v) is 6.79. The minimum absolute atomic E-state index is 0.220. The van der Waals surface area contributed by atoms with Gasteiger partial charge < -0.3 is 9.84 Å². The Morgan fingerprint density at radius 2 is 1.81 bits per heavy atom. The van der Waals surface area contributed by atoms with E-state index in [2.05, 4.69) is 52.3 Å². The monoisotopic (exact) mass is 414 g/mol. The van der Waals surface area contributed by atoms with Gasteiger partial charge in [0.1, 0.15) is 12.4 Å². The van der Waals surface area contributed by atoms with E-state index in [1.54, 1.807) is 0 Å². The number of aryl methyl sites for hydroxylation is 1. The Hall–Kier alpha value is -2.85. The number of hydrogen-bond acceptors (Lipinski definition) is 4. The van der Waals surface area contributed by atoms with Gasteiger partial charge in [-0.05, 0) is 79.1 Å². The molecule has 0 radical (unpaired) electrons. The van der Waals surface area contributed by atoms with Crippen LogP contribution in [0, 0.1) is 0 Å². The number of pyridine rings is 1. The van der Waals surface area contributed by atoms with Crippen molar-refractivity contribution in [2.75, 3.05) is 26.2 Å². The van der Waals surface area contributed by atoms with E-state index in [1.165, 1.54) is 48.2 Å². The Morgan fingerprint density at radius 3 is 2.58 bits per heavy atom. The maximum atomic E-state index is 9.99. The molecule has 160 valence electrons. The minimum atomic E-state index is 0.220. The molecule has 3 aromatic rings. The normalized spacial score (nSPS) is 21.0. The molecule has 2 aliphatic rings. The Morgan fingerprint density at radius 1 is 0.968 bits per heavy atom. The zero-order valence-corrected chi connectivity index (χ0v) is 17.9. The number of ether oxygens (including phenoxy) is 1. The molecule has 4 nitrogen and oxygen atoms in total. The van der Waals surface area contributed by atoms with Gasteiger partial charge in [0, 0.05) is 24.7 Å². The van der Waals surface area contributed by atoms with Gasteiger partial charge in [0.2, 0.25) is 5.88 Å². The highest BCUT2D eigenvalue weighted by atomic mass is 16.5. The van der Waals surface area contributed by atoms with Crippen LogP contribution in [-0.4, -0.2) is 41.2 Å². The maximum absolute atomic E-state index is 9.99. The van der Waals surface area contributed by atoms with Gasteiger partial charge in [0.05, 0.1) is 0 Å². The number of benzene rings is 2. The van der Waals surface area contributed by atoms with Crippen molar-refractivity contribution in [1.82, 2.24) is 9.88 Å². The molecule has 1 saturated heterocycles. The van der Waals surface area contributed by atoms with Crippen LogP contribution in [0.15, 0.2) is 66.9 Å². The average molecular weight is 415 g/mol. The molecule has 2 aromatic carbocycles. The number of phenols is 1. The van der Waals surface area contributed by atoms with E-state index in [-0.39, 0.29) is 5.92 Å². The number of nitrogens with zero attached hydrogens (tertiary/aromatic N) is 2. The van der Waals surface area contributed by atoms with Crippen molar-refractivity contribution in [2.24, 2.45) is 0 Å². The molecule has 0 saturated carbocycles. The van der Waals surface area contributed by atoms with E-state index in [1.807, 2.05) is 24.4 Å². The van der Waals surface area contributed by atoms with Gasteiger partial charge in [0.25, 0.3) is 0 Å². The number of likely N-dealkylation sites (tertiary alicyclic amines) is 1. The van der Waals surface area contributed by atoms with Crippen molar-refractivity contribution in [1.29, 1.82) is 0 Å². The third kappa shape index (κ3) is 4.45. The van der Waals surface area contributed by atoms with E-state index in [0.29, 0.717) is 24.2 Å². The van der Waals surface area contributed by atoms with Crippen LogP contribution in [0.1, 0.15) is 53.4 Å². The first-order chi connectivity index (χ1) is 15.3. The number of aromatic hydroxyl groups is 1. The Bertz CT molecular complexity index is 998. The minimum Gasteiger partial charge on any atom is -0.508 e. The van der Waals surface area contributed by atoms with Gasteiger partial charge in [-0.15, -0.1) is 0 Å². The lowest BCUT2D eigenvalue weighted by Gasteiger charge is -2.34. The quantitative estimate of drug-likeness (QED) is 0.608. The van der Waals surface area contributed by atoms with E-state index in [0.717, 1.165) is 19.4 Å². The van der Waals surface area contributed by atoms with Crippen LogP contribution in [-0.2, 0) is 6.42 Å². The Labute approximate surface area is 184 Å². The third-order valence-electron chi connectivity index (χ3n) is 6.79. The first-order valence-electron chi connectivity index (χ1n) is 11.5. The van der Waals surface area contributed by atoms with Crippen molar-refractivity contribution < 1.29 is 9.84 Å².